The van der Waals surface area contributed by atoms with Crippen LogP contribution in [0.5, 0.6) is 0 Å². The second kappa shape index (κ2) is 7.01. The van der Waals surface area contributed by atoms with Gasteiger partial charge in [-0.15, -0.1) is 0 Å². The van der Waals surface area contributed by atoms with Gasteiger partial charge in [-0.3, -0.25) is 4.40 Å². The van der Waals surface area contributed by atoms with Gasteiger partial charge in [-0.2, -0.15) is 0 Å². The first-order chi connectivity index (χ1) is 12.7. The van der Waals surface area contributed by atoms with Gasteiger partial charge in [-0.1, -0.05) is 12.1 Å². The third kappa shape index (κ3) is 3.45. The van der Waals surface area contributed by atoms with Crippen LogP contribution in [0.25, 0.3) is 16.9 Å². The van der Waals surface area contributed by atoms with Gasteiger partial charge >= 0.3 is 6.03 Å². The summed E-state index contributed by atoms with van der Waals surface area (Å²) in [7, 11) is 0. The van der Waals surface area contributed by atoms with Crippen LogP contribution < -0.4 is 16.0 Å². The maximum Gasteiger partial charge on any atom is 0.319 e. The second-order valence-corrected chi connectivity index (χ2v) is 6.21. The van der Waals surface area contributed by atoms with Crippen LogP contribution >= 0.6 is 0 Å². The summed E-state index contributed by atoms with van der Waals surface area (Å²) in [6.45, 7) is 0.129. The largest absolute Gasteiger partial charge is 0.395 e. The molecule has 134 valence electrons. The average molecular weight is 352 g/mol. The number of imidazole rings is 1. The first-order valence-electron chi connectivity index (χ1n) is 8.59. The molecule has 0 radical (unpaired) electrons. The van der Waals surface area contributed by atoms with Gasteiger partial charge in [-0.05, 0) is 25.0 Å². The molecule has 0 saturated heterocycles. The number of carbonyl (C=O) groups excluding carboxylic acids is 1. The van der Waals surface area contributed by atoms with Crippen molar-refractivity contribution in [2.24, 2.45) is 0 Å². The number of aromatic nitrogens is 3. The SMILES string of the molecule is O=C(NCCO)Nc1ccc(-c2cnc3c(NC4CC4)nccn23)cc1. The highest BCUT2D eigenvalue weighted by molar-refractivity contribution is 5.89. The lowest BCUT2D eigenvalue weighted by Crippen LogP contribution is -2.30. The molecule has 3 aromatic rings. The third-order valence-electron chi connectivity index (χ3n) is 4.18. The maximum absolute atomic E-state index is 11.6. The summed E-state index contributed by atoms with van der Waals surface area (Å²) in [5.74, 6) is 0.806. The van der Waals surface area contributed by atoms with Crippen molar-refractivity contribution in [1.82, 2.24) is 19.7 Å². The highest BCUT2D eigenvalue weighted by Gasteiger charge is 2.23. The number of benzene rings is 1. The minimum Gasteiger partial charge on any atom is -0.395 e. The van der Waals surface area contributed by atoms with Crippen LogP contribution in [-0.2, 0) is 0 Å². The molecule has 8 nitrogen and oxygen atoms in total. The Morgan fingerprint density at radius 2 is 2.04 bits per heavy atom. The lowest BCUT2D eigenvalue weighted by atomic mass is 10.1. The van der Waals surface area contributed by atoms with Crippen molar-refractivity contribution in [3.63, 3.8) is 0 Å². The van der Waals surface area contributed by atoms with Crippen molar-refractivity contribution in [1.29, 1.82) is 0 Å². The zero-order valence-corrected chi connectivity index (χ0v) is 14.1. The molecule has 1 aromatic carbocycles. The number of nitrogens with zero attached hydrogens (tertiary/aromatic N) is 3. The van der Waals surface area contributed by atoms with E-state index in [1.165, 1.54) is 12.8 Å². The van der Waals surface area contributed by atoms with Crippen LogP contribution in [-0.4, -0.2) is 44.7 Å². The monoisotopic (exact) mass is 352 g/mol. The van der Waals surface area contributed by atoms with Crippen LogP contribution in [0.15, 0.2) is 42.9 Å². The molecule has 0 bridgehead atoms. The minimum atomic E-state index is -0.344. The van der Waals surface area contributed by atoms with E-state index in [-0.39, 0.29) is 19.2 Å². The summed E-state index contributed by atoms with van der Waals surface area (Å²) in [6.07, 6.45) is 7.84. The number of carbonyl (C=O) groups is 1. The zero-order valence-electron chi connectivity index (χ0n) is 14.1. The van der Waals surface area contributed by atoms with Gasteiger partial charge in [0.15, 0.2) is 11.5 Å². The van der Waals surface area contributed by atoms with Crippen molar-refractivity contribution < 1.29 is 9.90 Å². The van der Waals surface area contributed by atoms with E-state index in [2.05, 4.69) is 25.9 Å². The van der Waals surface area contributed by atoms with Crippen LogP contribution in [0.4, 0.5) is 16.3 Å². The molecule has 1 fully saturated rings. The Morgan fingerprint density at radius 3 is 2.77 bits per heavy atom. The number of aliphatic hydroxyl groups excluding tert-OH is 1. The number of fused-ring (bicyclic) bond motifs is 1. The van der Waals surface area contributed by atoms with Crippen molar-refractivity contribution in [3.8, 4) is 11.3 Å². The van der Waals surface area contributed by atoms with E-state index in [1.54, 1.807) is 6.20 Å². The molecule has 0 spiro atoms. The summed E-state index contributed by atoms with van der Waals surface area (Å²) in [5, 5.41) is 17.4. The Kier molecular flexibility index (Phi) is 4.40. The van der Waals surface area contributed by atoms with E-state index in [4.69, 9.17) is 5.11 Å². The predicted molar refractivity (Wildman–Crippen MR) is 99.2 cm³/mol. The maximum atomic E-state index is 11.6. The van der Waals surface area contributed by atoms with E-state index in [1.807, 2.05) is 41.1 Å². The van der Waals surface area contributed by atoms with Crippen LogP contribution in [0.1, 0.15) is 12.8 Å². The van der Waals surface area contributed by atoms with Gasteiger partial charge in [0.1, 0.15) is 0 Å². The third-order valence-corrected chi connectivity index (χ3v) is 4.18. The molecule has 26 heavy (non-hydrogen) atoms. The first-order valence-corrected chi connectivity index (χ1v) is 8.59. The molecule has 2 amide bonds. The number of hydrogen-bond donors (Lipinski definition) is 4. The fourth-order valence-electron chi connectivity index (χ4n) is 2.72. The molecule has 1 aliphatic carbocycles. The van der Waals surface area contributed by atoms with Gasteiger partial charge in [0, 0.05) is 36.2 Å². The number of aliphatic hydroxyl groups is 1. The van der Waals surface area contributed by atoms with Crippen molar-refractivity contribution in [2.45, 2.75) is 18.9 Å². The molecule has 1 saturated carbocycles. The number of hydrogen-bond acceptors (Lipinski definition) is 5. The van der Waals surface area contributed by atoms with Gasteiger partial charge < -0.3 is 21.1 Å². The molecule has 1 aliphatic rings. The fraction of sp³-hybridized carbons (Fsp3) is 0.278. The minimum absolute atomic E-state index is 0.0902. The Bertz CT molecular complexity index is 917. The first kappa shape index (κ1) is 16.3. The number of anilines is 2. The van der Waals surface area contributed by atoms with E-state index < -0.39 is 0 Å². The van der Waals surface area contributed by atoms with E-state index >= 15 is 0 Å². The molecular formula is C18H20N6O2. The lowest BCUT2D eigenvalue weighted by molar-refractivity contribution is 0.245. The predicted octanol–water partition coefficient (Wildman–Crippen LogP) is 2.08. The normalized spacial score (nSPS) is 13.6. The molecular weight excluding hydrogens is 332 g/mol. The summed E-state index contributed by atoms with van der Waals surface area (Å²) in [6, 6.07) is 7.69. The summed E-state index contributed by atoms with van der Waals surface area (Å²) >= 11 is 0. The molecule has 0 aliphatic heterocycles. The van der Waals surface area contributed by atoms with Crippen LogP contribution in [0, 0.1) is 0 Å². The Morgan fingerprint density at radius 1 is 1.23 bits per heavy atom. The van der Waals surface area contributed by atoms with Crippen LogP contribution in [0.2, 0.25) is 0 Å². The van der Waals surface area contributed by atoms with E-state index in [0.29, 0.717) is 11.7 Å². The van der Waals surface area contributed by atoms with Gasteiger partial charge in [0.25, 0.3) is 0 Å². The highest BCUT2D eigenvalue weighted by atomic mass is 16.3. The quantitative estimate of drug-likeness (QED) is 0.544. The Labute approximate surface area is 150 Å². The van der Waals surface area contributed by atoms with Gasteiger partial charge in [0.2, 0.25) is 0 Å². The van der Waals surface area contributed by atoms with Gasteiger partial charge in [0.05, 0.1) is 18.5 Å². The standard InChI is InChI=1S/C18H20N6O2/c25-10-8-20-18(26)23-14-3-1-12(2-4-14)15-11-21-17-16(22-13-5-6-13)19-7-9-24(15)17/h1-4,7,9,11,13,25H,5-6,8,10H2,(H,19,22)(H2,20,23,26). The fourth-order valence-corrected chi connectivity index (χ4v) is 2.72. The molecule has 0 unspecified atom stereocenters. The van der Waals surface area contributed by atoms with Crippen molar-refractivity contribution in [2.75, 3.05) is 23.8 Å². The number of amides is 2. The van der Waals surface area contributed by atoms with E-state index in [9.17, 15) is 4.79 Å². The molecule has 0 atom stereocenters. The summed E-state index contributed by atoms with van der Waals surface area (Å²) < 4.78 is 2.01. The van der Waals surface area contributed by atoms with Crippen molar-refractivity contribution in [3.05, 3.63) is 42.9 Å². The van der Waals surface area contributed by atoms with Gasteiger partial charge in [-0.25, -0.2) is 14.8 Å². The molecule has 2 heterocycles. The lowest BCUT2D eigenvalue weighted by Gasteiger charge is -2.08. The van der Waals surface area contributed by atoms with Crippen molar-refractivity contribution >= 4 is 23.2 Å². The Hall–Kier alpha value is -3.13. The second-order valence-electron chi connectivity index (χ2n) is 6.21. The summed E-state index contributed by atoms with van der Waals surface area (Å²) in [4.78, 5) is 20.5. The molecule has 4 N–H and O–H groups in total. The zero-order chi connectivity index (χ0) is 17.9. The highest BCUT2D eigenvalue weighted by Crippen LogP contribution is 2.28. The summed E-state index contributed by atoms with van der Waals surface area (Å²) in [5.41, 5.74) is 3.43. The molecule has 4 rings (SSSR count). The van der Waals surface area contributed by atoms with Crippen LogP contribution in [0.3, 0.4) is 0 Å². The molecule has 2 aromatic heterocycles. The average Bonchev–Trinajstić information content (AvgIpc) is 3.36. The number of rotatable bonds is 6. The smallest absolute Gasteiger partial charge is 0.319 e. The number of nitrogens with one attached hydrogen (secondary N) is 3. The van der Waals surface area contributed by atoms with E-state index in [0.717, 1.165) is 22.7 Å². The topological polar surface area (TPSA) is 104 Å². The Balaban J connectivity index is 1.54. The number of urea groups is 1. The molecule has 8 heteroatoms.